The lowest BCUT2D eigenvalue weighted by Crippen LogP contribution is -2.28. The summed E-state index contributed by atoms with van der Waals surface area (Å²) < 4.78 is 63.3. The summed E-state index contributed by atoms with van der Waals surface area (Å²) in [4.78, 5) is 24.6. The lowest BCUT2D eigenvalue weighted by atomic mass is 10.1. The van der Waals surface area contributed by atoms with E-state index < -0.39 is 64.6 Å². The largest absolute Gasteiger partial charge is 0.511 e. The number of carbonyl (C=O) groups is 1. The summed E-state index contributed by atoms with van der Waals surface area (Å²) in [6.45, 7) is 2.32. The van der Waals surface area contributed by atoms with Crippen LogP contribution in [0.1, 0.15) is 13.3 Å². The number of nitrogens with one attached hydrogen (secondary N) is 1. The van der Waals surface area contributed by atoms with Crippen LogP contribution >= 0.6 is 0 Å². The Labute approximate surface area is 168 Å². The quantitative estimate of drug-likeness (QED) is 0.399. The summed E-state index contributed by atoms with van der Waals surface area (Å²) in [5, 5.41) is 10.9. The van der Waals surface area contributed by atoms with E-state index >= 15 is 4.39 Å². The second-order valence-electron chi connectivity index (χ2n) is 7.00. The Kier molecular flexibility index (Phi) is 6.49. The molecule has 1 fully saturated rings. The van der Waals surface area contributed by atoms with Crippen molar-refractivity contribution >= 4 is 22.7 Å². The van der Waals surface area contributed by atoms with E-state index in [2.05, 4.69) is 10.1 Å². The summed E-state index contributed by atoms with van der Waals surface area (Å²) in [5.41, 5.74) is -2.60. The molecule has 0 saturated carbocycles. The van der Waals surface area contributed by atoms with Gasteiger partial charge in [-0.1, -0.05) is 6.92 Å². The number of nitrogens with zero attached hydrogens (tertiary/aromatic N) is 2. The fourth-order valence-corrected chi connectivity index (χ4v) is 3.76. The number of fused-ring (bicyclic) bond motifs is 1. The first kappa shape index (κ1) is 21.9. The maximum Gasteiger partial charge on any atom is 0.511 e. The number of aromatic nitrogens is 1. The van der Waals surface area contributed by atoms with Crippen LogP contribution in [-0.2, 0) is 6.54 Å². The lowest BCUT2D eigenvalue weighted by Gasteiger charge is -2.23. The van der Waals surface area contributed by atoms with Crippen LogP contribution in [0.4, 0.5) is 28.0 Å². The number of benzene rings is 1. The van der Waals surface area contributed by atoms with Crippen molar-refractivity contribution in [2.75, 3.05) is 37.8 Å². The molecule has 0 radical (unpaired) electrons. The van der Waals surface area contributed by atoms with E-state index in [1.807, 2.05) is 6.92 Å². The van der Waals surface area contributed by atoms with Crippen LogP contribution in [0.5, 0.6) is 5.75 Å². The number of rotatable bonds is 7. The van der Waals surface area contributed by atoms with Crippen LogP contribution in [0.2, 0.25) is 0 Å². The van der Waals surface area contributed by atoms with Gasteiger partial charge in [0.1, 0.15) is 12.4 Å². The van der Waals surface area contributed by atoms with Gasteiger partial charge in [-0.05, 0) is 25.4 Å². The van der Waals surface area contributed by atoms with Crippen LogP contribution in [0.3, 0.4) is 0 Å². The first-order chi connectivity index (χ1) is 14.3. The molecule has 30 heavy (non-hydrogen) atoms. The standard InChI is InChI=1S/C19H21F4N3O4/c1-2-24-7-10-3-5-25(8-10)17-14(22)13(21)12-16(15(17)23)26(6-4-20)9-11(18(12)27)30-19(28)29/h9-10,24H,2-8H2,1H3,(H,28,29). The third kappa shape index (κ3) is 3.93. The molecule has 0 bridgehead atoms. The summed E-state index contributed by atoms with van der Waals surface area (Å²) in [5.74, 6) is -5.17. The van der Waals surface area contributed by atoms with E-state index in [9.17, 15) is 22.8 Å². The van der Waals surface area contributed by atoms with E-state index in [0.717, 1.165) is 17.3 Å². The molecule has 1 atom stereocenters. The lowest BCUT2D eigenvalue weighted by molar-refractivity contribution is 0.143. The summed E-state index contributed by atoms with van der Waals surface area (Å²) >= 11 is 0. The highest BCUT2D eigenvalue weighted by atomic mass is 19.2. The van der Waals surface area contributed by atoms with Crippen LogP contribution in [-0.4, -0.2) is 48.7 Å². The van der Waals surface area contributed by atoms with Gasteiger partial charge in [0.05, 0.1) is 23.6 Å². The van der Waals surface area contributed by atoms with Gasteiger partial charge >= 0.3 is 6.16 Å². The molecule has 0 spiro atoms. The maximum atomic E-state index is 15.4. The minimum atomic E-state index is -1.87. The van der Waals surface area contributed by atoms with E-state index in [1.165, 1.54) is 4.90 Å². The van der Waals surface area contributed by atoms with E-state index in [0.29, 0.717) is 13.0 Å². The van der Waals surface area contributed by atoms with Crippen molar-refractivity contribution in [2.24, 2.45) is 5.92 Å². The van der Waals surface area contributed by atoms with Crippen molar-refractivity contribution in [2.45, 2.75) is 19.9 Å². The fraction of sp³-hybridized carbons (Fsp3) is 0.474. The van der Waals surface area contributed by atoms with Gasteiger partial charge in [-0.2, -0.15) is 0 Å². The van der Waals surface area contributed by atoms with Gasteiger partial charge in [0.2, 0.25) is 5.43 Å². The third-order valence-corrected chi connectivity index (χ3v) is 5.09. The van der Waals surface area contributed by atoms with Gasteiger partial charge in [0.25, 0.3) is 0 Å². The Hall–Kier alpha value is -2.82. The number of halogens is 4. The highest BCUT2D eigenvalue weighted by molar-refractivity contribution is 5.86. The normalized spacial score (nSPS) is 16.4. The van der Waals surface area contributed by atoms with E-state index in [4.69, 9.17) is 5.11 Å². The molecule has 7 nitrogen and oxygen atoms in total. The zero-order chi connectivity index (χ0) is 22.0. The molecule has 1 unspecified atom stereocenters. The van der Waals surface area contributed by atoms with Crippen LogP contribution < -0.4 is 20.4 Å². The van der Waals surface area contributed by atoms with Crippen molar-refractivity contribution in [1.82, 2.24) is 9.88 Å². The number of hydrogen-bond acceptors (Lipinski definition) is 5. The van der Waals surface area contributed by atoms with Crippen LogP contribution in [0.25, 0.3) is 10.9 Å². The fourth-order valence-electron chi connectivity index (χ4n) is 3.76. The van der Waals surface area contributed by atoms with Gasteiger partial charge in [-0.3, -0.25) is 4.79 Å². The molecule has 0 aliphatic carbocycles. The molecule has 2 aromatic rings. The SMILES string of the molecule is CCNCC1CCN(c2c(F)c(F)c3c(=O)c(OC(=O)O)cn(CCF)c3c2F)C1. The van der Waals surface area contributed by atoms with Crippen molar-refractivity contribution in [3.63, 3.8) is 0 Å². The Morgan fingerprint density at radius 1 is 1.30 bits per heavy atom. The second-order valence-corrected chi connectivity index (χ2v) is 7.00. The number of ether oxygens (including phenoxy) is 1. The number of carboxylic acid groups (broad SMARTS) is 1. The van der Waals surface area contributed by atoms with Gasteiger partial charge < -0.3 is 24.6 Å². The molecule has 1 aliphatic rings. The maximum absolute atomic E-state index is 15.4. The molecule has 11 heteroatoms. The zero-order valence-corrected chi connectivity index (χ0v) is 16.2. The molecule has 1 aromatic carbocycles. The number of anilines is 1. The molecule has 1 saturated heterocycles. The first-order valence-electron chi connectivity index (χ1n) is 9.46. The molecular formula is C19H21F4N3O4. The average molecular weight is 431 g/mol. The monoisotopic (exact) mass is 431 g/mol. The Bertz CT molecular complexity index is 1030. The van der Waals surface area contributed by atoms with Crippen LogP contribution in [0.15, 0.2) is 11.0 Å². The molecular weight excluding hydrogens is 410 g/mol. The van der Waals surface area contributed by atoms with Crippen molar-refractivity contribution < 1.29 is 32.2 Å². The van der Waals surface area contributed by atoms with Gasteiger partial charge in [-0.25, -0.2) is 22.4 Å². The molecule has 2 heterocycles. The molecule has 1 aromatic heterocycles. The third-order valence-electron chi connectivity index (χ3n) is 5.09. The summed E-state index contributed by atoms with van der Waals surface area (Å²) in [6.07, 6.45) is -0.464. The highest BCUT2D eigenvalue weighted by Crippen LogP contribution is 2.35. The predicted octanol–water partition coefficient (Wildman–Crippen LogP) is 2.88. The smallest absolute Gasteiger partial charge is 0.449 e. The van der Waals surface area contributed by atoms with Crippen molar-refractivity contribution in [3.05, 3.63) is 33.9 Å². The molecule has 0 amide bonds. The van der Waals surface area contributed by atoms with Crippen molar-refractivity contribution in [3.8, 4) is 5.75 Å². The number of aryl methyl sites for hydroxylation is 1. The molecule has 1 aliphatic heterocycles. The van der Waals surface area contributed by atoms with Gasteiger partial charge in [-0.15, -0.1) is 0 Å². The average Bonchev–Trinajstić information content (AvgIpc) is 3.15. The number of pyridine rings is 1. The Balaban J connectivity index is 2.19. The first-order valence-corrected chi connectivity index (χ1v) is 9.46. The summed E-state index contributed by atoms with van der Waals surface area (Å²) in [6, 6.07) is 0. The highest BCUT2D eigenvalue weighted by Gasteiger charge is 2.32. The Morgan fingerprint density at radius 2 is 2.03 bits per heavy atom. The number of hydrogen-bond donors (Lipinski definition) is 2. The predicted molar refractivity (Wildman–Crippen MR) is 102 cm³/mol. The zero-order valence-electron chi connectivity index (χ0n) is 16.2. The minimum Gasteiger partial charge on any atom is -0.449 e. The van der Waals surface area contributed by atoms with Gasteiger partial charge in [0, 0.05) is 13.1 Å². The molecule has 164 valence electrons. The van der Waals surface area contributed by atoms with Gasteiger partial charge in [0.15, 0.2) is 23.2 Å². The van der Waals surface area contributed by atoms with Crippen molar-refractivity contribution in [1.29, 1.82) is 0 Å². The number of alkyl halides is 1. The summed E-state index contributed by atoms with van der Waals surface area (Å²) in [7, 11) is 0. The van der Waals surface area contributed by atoms with E-state index in [1.54, 1.807) is 0 Å². The Morgan fingerprint density at radius 3 is 2.67 bits per heavy atom. The van der Waals surface area contributed by atoms with Crippen LogP contribution in [0, 0.1) is 23.4 Å². The molecule has 3 rings (SSSR count). The second kappa shape index (κ2) is 8.90. The minimum absolute atomic E-state index is 0.0990. The molecule has 2 N–H and O–H groups in total. The topological polar surface area (TPSA) is 83.8 Å². The van der Waals surface area contributed by atoms with E-state index in [-0.39, 0.29) is 19.0 Å².